The van der Waals surface area contributed by atoms with E-state index < -0.39 is 0 Å². The lowest BCUT2D eigenvalue weighted by atomic mass is 10.1. The molecule has 0 fully saturated rings. The highest BCUT2D eigenvalue weighted by Crippen LogP contribution is 2.25. The van der Waals surface area contributed by atoms with E-state index in [0.29, 0.717) is 12.1 Å². The number of hydrogen-bond donors (Lipinski definition) is 1. The Morgan fingerprint density at radius 1 is 1.17 bits per heavy atom. The largest absolute Gasteiger partial charge is 0.307 e. The van der Waals surface area contributed by atoms with Crippen LogP contribution in [0.15, 0.2) is 0 Å². The summed E-state index contributed by atoms with van der Waals surface area (Å²) in [5.74, 6) is 0. The summed E-state index contributed by atoms with van der Waals surface area (Å²) in [6, 6.07) is 1.02. The van der Waals surface area contributed by atoms with Gasteiger partial charge < -0.3 is 5.32 Å². The molecule has 104 valence electrons. The van der Waals surface area contributed by atoms with E-state index in [1.807, 2.05) is 11.3 Å². The monoisotopic (exact) mass is 268 g/mol. The fourth-order valence-electron chi connectivity index (χ4n) is 2.41. The molecule has 1 aromatic rings. The van der Waals surface area contributed by atoms with Crippen LogP contribution in [-0.4, -0.2) is 11.0 Å². The second kappa shape index (κ2) is 7.90. The van der Waals surface area contributed by atoms with Crippen molar-refractivity contribution in [1.29, 1.82) is 0 Å². The summed E-state index contributed by atoms with van der Waals surface area (Å²) < 4.78 is 0. The summed E-state index contributed by atoms with van der Waals surface area (Å²) in [5, 5.41) is 4.87. The predicted molar refractivity (Wildman–Crippen MR) is 81.4 cm³/mol. The van der Waals surface area contributed by atoms with Gasteiger partial charge in [0.1, 0.15) is 0 Å². The molecule has 0 aromatic carbocycles. The zero-order chi connectivity index (χ0) is 13.5. The number of unbranched alkanes of at least 4 members (excludes halogenated alkanes) is 3. The molecule has 1 N–H and O–H groups in total. The second-order valence-electron chi connectivity index (χ2n) is 5.32. The smallest absolute Gasteiger partial charge is 0.0900 e. The minimum Gasteiger partial charge on any atom is -0.307 e. The molecule has 0 bridgehead atoms. The third kappa shape index (κ3) is 5.07. The normalized spacial score (nSPS) is 14.7. The van der Waals surface area contributed by atoms with Crippen LogP contribution >= 0.6 is 11.3 Å². The summed E-state index contributed by atoms with van der Waals surface area (Å²) in [6.07, 6.45) is 6.68. The quantitative estimate of drug-likeness (QED) is 0.687. The van der Waals surface area contributed by atoms with Gasteiger partial charge in [-0.25, -0.2) is 4.98 Å². The molecule has 2 nitrogen and oxygen atoms in total. The molecule has 2 unspecified atom stereocenters. The van der Waals surface area contributed by atoms with Crippen molar-refractivity contribution in [2.45, 2.75) is 78.8 Å². The fraction of sp³-hybridized carbons (Fsp3) is 0.800. The van der Waals surface area contributed by atoms with Crippen LogP contribution in [0.4, 0.5) is 0 Å². The molecule has 18 heavy (non-hydrogen) atoms. The molecule has 0 aliphatic carbocycles. The van der Waals surface area contributed by atoms with Gasteiger partial charge in [0.2, 0.25) is 0 Å². The number of aromatic nitrogens is 1. The first-order chi connectivity index (χ1) is 8.54. The molecule has 0 radical (unpaired) electrons. The molecule has 0 saturated carbocycles. The van der Waals surface area contributed by atoms with Crippen molar-refractivity contribution >= 4 is 11.3 Å². The van der Waals surface area contributed by atoms with Crippen LogP contribution in [0.3, 0.4) is 0 Å². The van der Waals surface area contributed by atoms with Crippen molar-refractivity contribution < 1.29 is 0 Å². The molecule has 1 heterocycles. The Morgan fingerprint density at radius 2 is 1.89 bits per heavy atom. The molecule has 1 rings (SSSR count). The van der Waals surface area contributed by atoms with Gasteiger partial charge in [0.25, 0.3) is 0 Å². The van der Waals surface area contributed by atoms with Crippen LogP contribution in [0, 0.1) is 13.8 Å². The van der Waals surface area contributed by atoms with Crippen LogP contribution in [0.1, 0.15) is 74.5 Å². The Morgan fingerprint density at radius 3 is 2.44 bits per heavy atom. The summed E-state index contributed by atoms with van der Waals surface area (Å²) in [7, 11) is 0. The topological polar surface area (TPSA) is 24.9 Å². The van der Waals surface area contributed by atoms with E-state index in [9.17, 15) is 0 Å². The van der Waals surface area contributed by atoms with Gasteiger partial charge in [-0.2, -0.15) is 0 Å². The fourth-order valence-corrected chi connectivity index (χ4v) is 3.35. The van der Waals surface area contributed by atoms with E-state index in [-0.39, 0.29) is 0 Å². The van der Waals surface area contributed by atoms with Crippen LogP contribution < -0.4 is 5.32 Å². The maximum Gasteiger partial charge on any atom is 0.0900 e. The van der Waals surface area contributed by atoms with Gasteiger partial charge in [-0.3, -0.25) is 0 Å². The highest BCUT2D eigenvalue weighted by Gasteiger charge is 2.14. The number of nitrogens with one attached hydrogen (secondary N) is 1. The average Bonchev–Trinajstić information content (AvgIpc) is 2.64. The number of aryl methyl sites for hydroxylation is 2. The zero-order valence-electron chi connectivity index (χ0n) is 12.5. The molecular formula is C15H28N2S. The minimum absolute atomic E-state index is 0.428. The summed E-state index contributed by atoms with van der Waals surface area (Å²) in [4.78, 5) is 5.90. The van der Waals surface area contributed by atoms with Crippen molar-refractivity contribution in [3.63, 3.8) is 0 Å². The lowest BCUT2D eigenvalue weighted by Crippen LogP contribution is -2.28. The predicted octanol–water partition coefficient (Wildman–Crippen LogP) is 4.77. The van der Waals surface area contributed by atoms with Crippen molar-refractivity contribution in [2.24, 2.45) is 0 Å². The Hall–Kier alpha value is -0.410. The minimum atomic E-state index is 0.428. The van der Waals surface area contributed by atoms with Gasteiger partial charge in [-0.05, 0) is 34.1 Å². The molecule has 0 spiro atoms. The molecule has 0 aliphatic heterocycles. The van der Waals surface area contributed by atoms with Gasteiger partial charge in [0.05, 0.1) is 10.7 Å². The molecule has 1 aromatic heterocycles. The molecular weight excluding hydrogens is 240 g/mol. The first kappa shape index (κ1) is 15.6. The second-order valence-corrected chi connectivity index (χ2v) is 6.56. The number of thiazole rings is 1. The van der Waals surface area contributed by atoms with Crippen LogP contribution in [0.2, 0.25) is 0 Å². The third-order valence-electron chi connectivity index (χ3n) is 3.36. The molecule has 0 aliphatic rings. The highest BCUT2D eigenvalue weighted by molar-refractivity contribution is 7.11. The Kier molecular flexibility index (Phi) is 6.87. The van der Waals surface area contributed by atoms with Crippen molar-refractivity contribution in [3.8, 4) is 0 Å². The standard InChI is InChI=1S/C15H28N2S/c1-6-7-8-9-10-11(2)16-12(3)15-13(4)17-14(5)18-15/h11-12,16H,6-10H2,1-5H3. The molecule has 2 atom stereocenters. The van der Waals surface area contributed by atoms with Gasteiger partial charge in [-0.1, -0.05) is 32.6 Å². The van der Waals surface area contributed by atoms with Crippen LogP contribution in [0.5, 0.6) is 0 Å². The highest BCUT2D eigenvalue weighted by atomic mass is 32.1. The lowest BCUT2D eigenvalue weighted by molar-refractivity contribution is 0.440. The SMILES string of the molecule is CCCCCCC(C)NC(C)c1sc(C)nc1C. The van der Waals surface area contributed by atoms with Gasteiger partial charge in [0, 0.05) is 17.0 Å². The van der Waals surface area contributed by atoms with Crippen molar-refractivity contribution in [1.82, 2.24) is 10.3 Å². The summed E-state index contributed by atoms with van der Waals surface area (Å²) in [5.41, 5.74) is 1.19. The van der Waals surface area contributed by atoms with Crippen LogP contribution in [0.25, 0.3) is 0 Å². The number of hydrogen-bond acceptors (Lipinski definition) is 3. The maximum absolute atomic E-state index is 4.50. The molecule has 3 heteroatoms. The number of rotatable bonds is 8. The van der Waals surface area contributed by atoms with Gasteiger partial charge in [0.15, 0.2) is 0 Å². The lowest BCUT2D eigenvalue weighted by Gasteiger charge is -2.19. The van der Waals surface area contributed by atoms with Crippen molar-refractivity contribution in [2.75, 3.05) is 0 Å². The Balaban J connectivity index is 2.35. The third-order valence-corrected chi connectivity index (χ3v) is 4.61. The molecule has 0 amide bonds. The first-order valence-corrected chi connectivity index (χ1v) is 8.06. The van der Waals surface area contributed by atoms with Crippen molar-refractivity contribution in [3.05, 3.63) is 15.6 Å². The zero-order valence-corrected chi connectivity index (χ0v) is 13.4. The Labute approximate surface area is 116 Å². The maximum atomic E-state index is 4.50. The summed E-state index contributed by atoms with van der Waals surface area (Å²) >= 11 is 1.82. The van der Waals surface area contributed by atoms with E-state index in [1.165, 1.54) is 47.7 Å². The van der Waals surface area contributed by atoms with E-state index in [2.05, 4.69) is 44.9 Å². The van der Waals surface area contributed by atoms with E-state index >= 15 is 0 Å². The number of nitrogens with zero attached hydrogens (tertiary/aromatic N) is 1. The Bertz CT molecular complexity index is 346. The average molecular weight is 268 g/mol. The van der Waals surface area contributed by atoms with Crippen LogP contribution in [-0.2, 0) is 0 Å². The first-order valence-electron chi connectivity index (χ1n) is 7.24. The van der Waals surface area contributed by atoms with Gasteiger partial charge >= 0.3 is 0 Å². The summed E-state index contributed by atoms with van der Waals surface area (Å²) in [6.45, 7) is 11.0. The van der Waals surface area contributed by atoms with E-state index in [4.69, 9.17) is 0 Å². The van der Waals surface area contributed by atoms with E-state index in [1.54, 1.807) is 0 Å². The molecule has 0 saturated heterocycles. The van der Waals surface area contributed by atoms with E-state index in [0.717, 1.165) is 0 Å². The van der Waals surface area contributed by atoms with Gasteiger partial charge in [-0.15, -0.1) is 11.3 Å².